The summed E-state index contributed by atoms with van der Waals surface area (Å²) in [5.74, 6) is -7.44. The molecule has 1 aromatic carbocycles. The molecule has 10 amide bonds. The van der Waals surface area contributed by atoms with Gasteiger partial charge in [-0.2, -0.15) is 0 Å². The van der Waals surface area contributed by atoms with Crippen LogP contribution < -0.4 is 97.0 Å². The summed E-state index contributed by atoms with van der Waals surface area (Å²) < 4.78 is 5.93. The Morgan fingerprint density at radius 1 is 0.606 bits per heavy atom. The Labute approximate surface area is 584 Å². The molecule has 0 fully saturated rings. The van der Waals surface area contributed by atoms with Crippen molar-refractivity contribution in [3.05, 3.63) is 59.9 Å². The number of carbonyl (C=O) groups excluding carboxylic acids is 10. The summed E-state index contributed by atoms with van der Waals surface area (Å²) in [6.07, 6.45) is 3.59. The van der Waals surface area contributed by atoms with Crippen LogP contribution in [0.1, 0.15) is 124 Å². The summed E-state index contributed by atoms with van der Waals surface area (Å²) in [5, 5.41) is 62.3. The second kappa shape index (κ2) is 46.1. The molecule has 2 aromatic rings. The number of hydrogen-bond acceptors (Lipinski definition) is 22. The van der Waals surface area contributed by atoms with Crippen LogP contribution in [0.25, 0.3) is 0 Å². The molecule has 0 saturated carbocycles. The number of benzene rings is 1. The van der Waals surface area contributed by atoms with Gasteiger partial charge in [-0.05, 0) is 133 Å². The fraction of sp³-hybridized carbons (Fsp3) is 0.656. The lowest BCUT2D eigenvalue weighted by Gasteiger charge is -2.29. The zero-order valence-electron chi connectivity index (χ0n) is 58.8. The lowest BCUT2D eigenvalue weighted by molar-refractivity contribution is -0.136. The van der Waals surface area contributed by atoms with Crippen LogP contribution in [0.5, 0.6) is 5.75 Å². The number of likely N-dealkylation sites (N-methyl/N-ethyl adjacent to an activating group) is 1. The second-order valence-corrected chi connectivity index (χ2v) is 26.4. The number of H-pyrrole nitrogens is 1. The van der Waals surface area contributed by atoms with E-state index in [-0.39, 0.29) is 107 Å². The van der Waals surface area contributed by atoms with Crippen LogP contribution in [0.2, 0.25) is 0 Å². The predicted octanol–water partition coefficient (Wildman–Crippen LogP) is -3.54. The van der Waals surface area contributed by atoms with Gasteiger partial charge in [-0.25, -0.2) is 4.98 Å². The molecule has 0 bridgehead atoms. The summed E-state index contributed by atoms with van der Waals surface area (Å²) in [4.78, 5) is 153. The first-order valence-corrected chi connectivity index (χ1v) is 34.6. The number of guanidine groups is 1. The van der Waals surface area contributed by atoms with E-state index in [4.69, 9.17) is 21.4 Å². The van der Waals surface area contributed by atoms with E-state index in [2.05, 4.69) is 94.7 Å². The molecule has 1 aliphatic rings. The monoisotopic (exact) mass is 1410 g/mol. The summed E-state index contributed by atoms with van der Waals surface area (Å²) in [7, 11) is 3.08. The van der Waals surface area contributed by atoms with Gasteiger partial charge in [-0.15, -0.1) is 0 Å². The topological polar surface area (TPSA) is 520 Å². The van der Waals surface area contributed by atoms with E-state index in [1.807, 2.05) is 41.5 Å². The van der Waals surface area contributed by atoms with E-state index in [0.717, 1.165) is 12.0 Å². The minimum Gasteiger partial charge on any atom is -0.508 e. The fourth-order valence-electron chi connectivity index (χ4n) is 9.99. The SMILES string of the molecule is CNCNCCCC(NC(=O)C(CCCNC(C)N)NC(=O)C(Cc1cnc[nH]1)NC(=O)C(CCCN=C(N)N)NC(=O)C(Cc1ccc(O)cc1)NC(=O)C(C)NC(=O)C(CC1=CNCN1)OSCC(C)C)C(=O)NC(CC(C)C)C(=O)NC(CC(C)C)C(=O)NC(CO)C(=O)NC. The fourth-order valence-corrected chi connectivity index (χ4v) is 10.7. The molecular formula is C64H111N21O13S. The van der Waals surface area contributed by atoms with Gasteiger partial charge in [0.05, 0.1) is 25.8 Å². The van der Waals surface area contributed by atoms with Crippen LogP contribution in [0.4, 0.5) is 0 Å². The zero-order chi connectivity index (χ0) is 73.6. The highest BCUT2D eigenvalue weighted by Gasteiger charge is 2.37. The molecule has 11 atom stereocenters. The van der Waals surface area contributed by atoms with Gasteiger partial charge in [0.2, 0.25) is 53.2 Å². The maximum Gasteiger partial charge on any atom is 0.251 e. The number of imidazole rings is 1. The number of nitrogens with zero attached hydrogens (tertiary/aromatic N) is 2. The van der Waals surface area contributed by atoms with Gasteiger partial charge in [0.1, 0.15) is 60.1 Å². The van der Waals surface area contributed by atoms with Crippen molar-refractivity contribution in [2.45, 2.75) is 193 Å². The number of aliphatic hydroxyl groups is 1. The van der Waals surface area contributed by atoms with Crippen LogP contribution in [-0.4, -0.2) is 211 Å². The number of aromatic amines is 1. The Bertz CT molecular complexity index is 2900. The quantitative estimate of drug-likeness (QED) is 0.0100. The molecule has 556 valence electrons. The molecule has 0 spiro atoms. The molecule has 34 nitrogen and oxygen atoms in total. The van der Waals surface area contributed by atoms with Crippen LogP contribution in [-0.2, 0) is 65.0 Å². The largest absolute Gasteiger partial charge is 0.508 e. The molecule has 35 heteroatoms. The van der Waals surface area contributed by atoms with E-state index in [9.17, 15) is 58.2 Å². The lowest BCUT2D eigenvalue weighted by atomic mass is 9.99. The van der Waals surface area contributed by atoms with Gasteiger partial charge in [-0.1, -0.05) is 53.7 Å². The molecule has 3 rings (SSSR count). The average Bonchev–Trinajstić information content (AvgIpc) is 0.924. The third-order valence-electron chi connectivity index (χ3n) is 15.2. The van der Waals surface area contributed by atoms with Crippen LogP contribution in [0.3, 0.4) is 0 Å². The summed E-state index contributed by atoms with van der Waals surface area (Å²) in [6, 6.07) is -6.16. The van der Waals surface area contributed by atoms with Gasteiger partial charge in [0, 0.05) is 69.1 Å². The molecule has 2 heterocycles. The van der Waals surface area contributed by atoms with Crippen molar-refractivity contribution in [3.63, 3.8) is 0 Å². The Hall–Kier alpha value is -8.35. The Kier molecular flexibility index (Phi) is 39.5. The first-order chi connectivity index (χ1) is 47.0. The number of amides is 10. The standard InChI is InChI=1S/C64H111N21O13S/c1-36(2)24-48(59(93)83-49(25-37(3)4)60(94)85-52(31-86)55(89)69-10)82-57(91)45(14-11-21-70-33-68-9)78-56(90)46(15-12-22-73-40(8)65)80-62(96)51(27-42-29-71-34-75-42)84-58(92)47(16-13-23-74-64(66)67)79-61(95)50(26-41-17-19-44(87)20-18-41)81-54(88)39(7)77-63(97)53(98-99-32-38(5)6)28-43-30-72-35-76-43/h17-20,29-30,34,36-40,45-53,68,70,72-73,76,86-87H,11-16,21-28,31-33,35,65H2,1-10H3,(H,69,89)(H,71,75)(H,77,97)(H,78,90)(H,79,95)(H,80,96)(H,81,88)(H,82,91)(H,83,93)(H,84,92)(H,85,94)(H4,66,67,74). The highest BCUT2D eigenvalue weighted by molar-refractivity contribution is 7.94. The first-order valence-electron chi connectivity index (χ1n) is 33.7. The maximum absolute atomic E-state index is 15.0. The average molecular weight is 1410 g/mol. The Balaban J connectivity index is 2.04. The Morgan fingerprint density at radius 3 is 1.60 bits per heavy atom. The molecule has 24 N–H and O–H groups in total. The number of nitrogens with two attached hydrogens (primary N) is 3. The van der Waals surface area contributed by atoms with Gasteiger partial charge in [0.15, 0.2) is 12.1 Å². The minimum atomic E-state index is -1.49. The predicted molar refractivity (Wildman–Crippen MR) is 375 cm³/mol. The van der Waals surface area contributed by atoms with Crippen molar-refractivity contribution in [3.8, 4) is 5.75 Å². The molecular weight excluding hydrogens is 1300 g/mol. The molecule has 1 aliphatic heterocycles. The zero-order valence-corrected chi connectivity index (χ0v) is 59.6. The van der Waals surface area contributed by atoms with E-state index < -0.39 is 132 Å². The summed E-state index contributed by atoms with van der Waals surface area (Å²) >= 11 is 1.13. The number of aromatic hydroxyl groups is 1. The number of aliphatic hydroxyl groups excluding tert-OH is 1. The van der Waals surface area contributed by atoms with Gasteiger partial charge in [-0.3, -0.25) is 52.9 Å². The molecule has 1 aromatic heterocycles. The highest BCUT2D eigenvalue weighted by atomic mass is 32.2. The first kappa shape index (κ1) is 84.9. The Morgan fingerprint density at radius 2 is 1.11 bits per heavy atom. The second-order valence-electron chi connectivity index (χ2n) is 25.6. The number of carbonyl (C=O) groups is 10. The van der Waals surface area contributed by atoms with Gasteiger partial charge < -0.3 is 116 Å². The van der Waals surface area contributed by atoms with Crippen LogP contribution >= 0.6 is 12.0 Å². The number of aliphatic imine (C=N–C) groups is 1. The van der Waals surface area contributed by atoms with Crippen molar-refractivity contribution < 1.29 is 62.3 Å². The van der Waals surface area contributed by atoms with E-state index in [0.29, 0.717) is 49.0 Å². The molecule has 11 unspecified atom stereocenters. The normalized spacial score (nSPS) is 15.3. The third-order valence-corrected chi connectivity index (χ3v) is 16.4. The van der Waals surface area contributed by atoms with Crippen LogP contribution in [0.15, 0.2) is 53.7 Å². The molecule has 99 heavy (non-hydrogen) atoms. The number of phenolic OH excluding ortho intramolecular Hbond substituents is 1. The number of hydrogen-bond donors (Lipinski definition) is 21. The number of phenols is 1. The van der Waals surface area contributed by atoms with Gasteiger partial charge in [0.25, 0.3) is 5.91 Å². The molecule has 0 radical (unpaired) electrons. The maximum atomic E-state index is 15.0. The summed E-state index contributed by atoms with van der Waals surface area (Å²) in [6.45, 7) is 15.3. The minimum absolute atomic E-state index is 0.00652. The van der Waals surface area contributed by atoms with Crippen LogP contribution in [0, 0.1) is 17.8 Å². The number of aromatic nitrogens is 2. The highest BCUT2D eigenvalue weighted by Crippen LogP contribution is 2.19. The van der Waals surface area contributed by atoms with Crippen molar-refractivity contribution in [2.24, 2.45) is 39.9 Å². The van der Waals surface area contributed by atoms with Gasteiger partial charge >= 0.3 is 0 Å². The van der Waals surface area contributed by atoms with Crippen molar-refractivity contribution in [1.82, 2.24) is 89.7 Å². The third kappa shape index (κ3) is 33.8. The lowest BCUT2D eigenvalue weighted by Crippen LogP contribution is -2.61. The van der Waals surface area contributed by atoms with Crippen molar-refractivity contribution in [1.29, 1.82) is 0 Å². The molecule has 0 aliphatic carbocycles. The van der Waals surface area contributed by atoms with E-state index in [1.165, 1.54) is 38.6 Å². The smallest absolute Gasteiger partial charge is 0.251 e. The van der Waals surface area contributed by atoms with Crippen molar-refractivity contribution in [2.75, 3.05) is 59.4 Å². The number of rotatable bonds is 49. The summed E-state index contributed by atoms with van der Waals surface area (Å²) in [5.41, 5.74) is 18.9. The number of nitrogens with one attached hydrogen (secondary N) is 16. The van der Waals surface area contributed by atoms with E-state index >= 15 is 0 Å². The van der Waals surface area contributed by atoms with E-state index in [1.54, 1.807) is 32.3 Å². The molecule has 0 saturated heterocycles. The van der Waals surface area contributed by atoms with Crippen molar-refractivity contribution >= 4 is 77.1 Å².